The summed E-state index contributed by atoms with van der Waals surface area (Å²) in [4.78, 5) is 7.03. The lowest BCUT2D eigenvalue weighted by Gasteiger charge is -2.32. The number of imidazole rings is 1. The molecule has 0 aliphatic carbocycles. The van der Waals surface area contributed by atoms with Crippen LogP contribution in [0.2, 0.25) is 0 Å². The van der Waals surface area contributed by atoms with Gasteiger partial charge in [0, 0.05) is 31.9 Å². The summed E-state index contributed by atoms with van der Waals surface area (Å²) in [7, 11) is 0. The summed E-state index contributed by atoms with van der Waals surface area (Å²) in [5.74, 6) is 2.02. The highest BCUT2D eigenvalue weighted by molar-refractivity contribution is 5.22. The number of aromatic nitrogens is 2. The molecule has 2 heterocycles. The summed E-state index contributed by atoms with van der Waals surface area (Å²) in [5.41, 5.74) is 2.81. The maximum Gasteiger partial charge on any atom is 0.108 e. The van der Waals surface area contributed by atoms with E-state index in [4.69, 9.17) is 0 Å². The highest BCUT2D eigenvalue weighted by Crippen LogP contribution is 2.21. The fourth-order valence-electron chi connectivity index (χ4n) is 3.49. The van der Waals surface area contributed by atoms with Gasteiger partial charge >= 0.3 is 0 Å². The summed E-state index contributed by atoms with van der Waals surface area (Å²) >= 11 is 0. The molecule has 1 aliphatic rings. The predicted octanol–water partition coefficient (Wildman–Crippen LogP) is 3.67. The highest BCUT2D eigenvalue weighted by Gasteiger charge is 2.20. The fourth-order valence-corrected chi connectivity index (χ4v) is 3.49. The second-order valence-corrected chi connectivity index (χ2v) is 6.56. The minimum Gasteiger partial charge on any atom is -0.335 e. The zero-order valence-electron chi connectivity index (χ0n) is 13.8. The quantitative estimate of drug-likeness (QED) is 0.839. The zero-order chi connectivity index (χ0) is 15.4. The van der Waals surface area contributed by atoms with Crippen LogP contribution >= 0.6 is 0 Å². The molecule has 0 amide bonds. The molecule has 3 rings (SSSR count). The van der Waals surface area contributed by atoms with E-state index in [1.807, 2.05) is 6.20 Å². The second-order valence-electron chi connectivity index (χ2n) is 6.56. The SMILES string of the molecule is CCc1nccn1CC1CCN(Cc2cccc(C)c2)CC1. The number of aryl methyl sites for hydroxylation is 2. The Labute approximate surface area is 134 Å². The van der Waals surface area contributed by atoms with E-state index in [1.165, 1.54) is 42.9 Å². The molecule has 0 atom stereocenters. The van der Waals surface area contributed by atoms with Crippen molar-refractivity contribution in [2.45, 2.75) is 46.2 Å². The smallest absolute Gasteiger partial charge is 0.108 e. The van der Waals surface area contributed by atoms with E-state index >= 15 is 0 Å². The van der Waals surface area contributed by atoms with Gasteiger partial charge in [0.2, 0.25) is 0 Å². The number of hydrogen-bond donors (Lipinski definition) is 0. The zero-order valence-corrected chi connectivity index (χ0v) is 13.8. The van der Waals surface area contributed by atoms with Gasteiger partial charge in [-0.05, 0) is 44.3 Å². The molecule has 1 aliphatic heterocycles. The number of benzene rings is 1. The van der Waals surface area contributed by atoms with Crippen molar-refractivity contribution in [1.82, 2.24) is 14.5 Å². The molecule has 1 saturated heterocycles. The minimum absolute atomic E-state index is 0.799. The summed E-state index contributed by atoms with van der Waals surface area (Å²) in [6, 6.07) is 8.90. The first-order valence-corrected chi connectivity index (χ1v) is 8.52. The third kappa shape index (κ3) is 3.77. The molecule has 2 aromatic rings. The molecule has 22 heavy (non-hydrogen) atoms. The Morgan fingerprint density at radius 2 is 2.05 bits per heavy atom. The number of nitrogens with zero attached hydrogens (tertiary/aromatic N) is 3. The molecule has 3 nitrogen and oxygen atoms in total. The van der Waals surface area contributed by atoms with E-state index < -0.39 is 0 Å². The van der Waals surface area contributed by atoms with Gasteiger partial charge in [-0.3, -0.25) is 4.90 Å². The van der Waals surface area contributed by atoms with E-state index in [0.717, 1.165) is 25.4 Å². The normalized spacial score (nSPS) is 17.0. The van der Waals surface area contributed by atoms with Crippen molar-refractivity contribution in [3.05, 3.63) is 53.6 Å². The van der Waals surface area contributed by atoms with Crippen molar-refractivity contribution < 1.29 is 0 Å². The predicted molar refractivity (Wildman–Crippen MR) is 90.8 cm³/mol. The molecule has 0 radical (unpaired) electrons. The van der Waals surface area contributed by atoms with Crippen LogP contribution in [0.4, 0.5) is 0 Å². The van der Waals surface area contributed by atoms with Gasteiger partial charge in [-0.25, -0.2) is 4.98 Å². The molecular formula is C19H27N3. The number of piperidine rings is 1. The van der Waals surface area contributed by atoms with Gasteiger partial charge in [0.15, 0.2) is 0 Å². The van der Waals surface area contributed by atoms with Crippen molar-refractivity contribution in [2.24, 2.45) is 5.92 Å². The summed E-state index contributed by atoms with van der Waals surface area (Å²) in [5, 5.41) is 0. The highest BCUT2D eigenvalue weighted by atomic mass is 15.1. The van der Waals surface area contributed by atoms with Crippen LogP contribution in [0.3, 0.4) is 0 Å². The topological polar surface area (TPSA) is 21.1 Å². The summed E-state index contributed by atoms with van der Waals surface area (Å²) in [6.45, 7) is 9.03. The van der Waals surface area contributed by atoms with Crippen LogP contribution in [0.1, 0.15) is 36.7 Å². The van der Waals surface area contributed by atoms with Gasteiger partial charge in [-0.1, -0.05) is 36.8 Å². The molecule has 0 saturated carbocycles. The first-order chi connectivity index (χ1) is 10.7. The molecule has 0 bridgehead atoms. The molecule has 0 unspecified atom stereocenters. The van der Waals surface area contributed by atoms with E-state index in [-0.39, 0.29) is 0 Å². The first-order valence-electron chi connectivity index (χ1n) is 8.52. The molecule has 1 aromatic heterocycles. The summed E-state index contributed by atoms with van der Waals surface area (Å²) < 4.78 is 2.35. The lowest BCUT2D eigenvalue weighted by molar-refractivity contribution is 0.166. The molecule has 1 fully saturated rings. The number of rotatable bonds is 5. The Bertz CT molecular complexity index is 594. The average Bonchev–Trinajstić information content (AvgIpc) is 2.96. The molecule has 0 spiro atoms. The Morgan fingerprint density at radius 3 is 2.77 bits per heavy atom. The van der Waals surface area contributed by atoms with Crippen LogP contribution in [-0.2, 0) is 19.5 Å². The largest absolute Gasteiger partial charge is 0.335 e. The average molecular weight is 297 g/mol. The van der Waals surface area contributed by atoms with Crippen LogP contribution in [0.25, 0.3) is 0 Å². The van der Waals surface area contributed by atoms with Crippen LogP contribution in [0.15, 0.2) is 36.7 Å². The van der Waals surface area contributed by atoms with Gasteiger partial charge in [-0.15, -0.1) is 0 Å². The fraction of sp³-hybridized carbons (Fsp3) is 0.526. The monoisotopic (exact) mass is 297 g/mol. The molecular weight excluding hydrogens is 270 g/mol. The van der Waals surface area contributed by atoms with Gasteiger partial charge in [0.1, 0.15) is 5.82 Å². The van der Waals surface area contributed by atoms with Crippen LogP contribution in [0.5, 0.6) is 0 Å². The Morgan fingerprint density at radius 1 is 1.23 bits per heavy atom. The van der Waals surface area contributed by atoms with Gasteiger partial charge in [-0.2, -0.15) is 0 Å². The number of hydrogen-bond acceptors (Lipinski definition) is 2. The van der Waals surface area contributed by atoms with E-state index in [9.17, 15) is 0 Å². The van der Waals surface area contributed by atoms with Gasteiger partial charge < -0.3 is 4.57 Å². The third-order valence-electron chi connectivity index (χ3n) is 4.77. The van der Waals surface area contributed by atoms with Crippen LogP contribution < -0.4 is 0 Å². The lowest BCUT2D eigenvalue weighted by Crippen LogP contribution is -2.34. The van der Waals surface area contributed by atoms with Gasteiger partial charge in [0.05, 0.1) is 0 Å². The van der Waals surface area contributed by atoms with Crippen LogP contribution in [0, 0.1) is 12.8 Å². The van der Waals surface area contributed by atoms with E-state index in [1.54, 1.807) is 0 Å². The van der Waals surface area contributed by atoms with Crippen molar-refractivity contribution in [2.75, 3.05) is 13.1 Å². The Kier molecular flexibility index (Phi) is 4.94. The maximum atomic E-state index is 4.43. The van der Waals surface area contributed by atoms with Crippen LogP contribution in [-0.4, -0.2) is 27.5 Å². The Hall–Kier alpha value is -1.61. The standard InChI is InChI=1S/C19H27N3/c1-3-19-20-9-12-22(19)15-17-7-10-21(11-8-17)14-18-6-4-5-16(2)13-18/h4-6,9,12-13,17H,3,7-8,10-11,14-15H2,1-2H3. The maximum absolute atomic E-state index is 4.43. The second kappa shape index (κ2) is 7.10. The molecule has 0 N–H and O–H groups in total. The van der Waals surface area contributed by atoms with E-state index in [2.05, 4.69) is 58.8 Å². The minimum atomic E-state index is 0.799. The van der Waals surface area contributed by atoms with E-state index in [0.29, 0.717) is 0 Å². The van der Waals surface area contributed by atoms with Crippen molar-refractivity contribution >= 4 is 0 Å². The third-order valence-corrected chi connectivity index (χ3v) is 4.77. The Balaban J connectivity index is 1.50. The molecule has 1 aromatic carbocycles. The van der Waals surface area contributed by atoms with Crippen molar-refractivity contribution in [3.8, 4) is 0 Å². The summed E-state index contributed by atoms with van der Waals surface area (Å²) in [6.07, 6.45) is 7.70. The first kappa shape index (κ1) is 15.3. The molecule has 3 heteroatoms. The van der Waals surface area contributed by atoms with Gasteiger partial charge in [0.25, 0.3) is 0 Å². The molecule has 118 valence electrons. The number of likely N-dealkylation sites (tertiary alicyclic amines) is 1. The van der Waals surface area contributed by atoms with Crippen molar-refractivity contribution in [1.29, 1.82) is 0 Å². The lowest BCUT2D eigenvalue weighted by atomic mass is 9.96. The van der Waals surface area contributed by atoms with Crippen molar-refractivity contribution in [3.63, 3.8) is 0 Å².